The van der Waals surface area contributed by atoms with Gasteiger partial charge >= 0.3 is 0 Å². The number of rotatable bonds is 6. The predicted octanol–water partition coefficient (Wildman–Crippen LogP) is 2.38. The number of nitrogens with zero attached hydrogens (tertiary/aromatic N) is 1. The first-order valence-electron chi connectivity index (χ1n) is 6.29. The number of methoxy groups -OCH3 is 1. The predicted molar refractivity (Wildman–Crippen MR) is 74.8 cm³/mol. The Labute approximate surface area is 113 Å². The van der Waals surface area contributed by atoms with Crippen LogP contribution in [0, 0.1) is 0 Å². The van der Waals surface area contributed by atoms with Gasteiger partial charge in [0.15, 0.2) is 0 Å². The van der Waals surface area contributed by atoms with E-state index in [0.717, 1.165) is 35.7 Å². The summed E-state index contributed by atoms with van der Waals surface area (Å²) in [5.41, 5.74) is 7.76. The average molecular weight is 260 g/mol. The maximum absolute atomic E-state index is 5.57. The maximum atomic E-state index is 5.57. The van der Waals surface area contributed by atoms with Gasteiger partial charge in [0, 0.05) is 24.2 Å². The normalized spacial score (nSPS) is 10.9. The molecule has 4 heteroatoms. The van der Waals surface area contributed by atoms with Gasteiger partial charge in [0.1, 0.15) is 11.5 Å². The van der Waals surface area contributed by atoms with E-state index in [-0.39, 0.29) is 0 Å². The summed E-state index contributed by atoms with van der Waals surface area (Å²) in [5.74, 6) is 1.84. The van der Waals surface area contributed by atoms with Gasteiger partial charge in [-0.15, -0.1) is 0 Å². The molecule has 0 amide bonds. The lowest BCUT2D eigenvalue weighted by Gasteiger charge is -2.17. The third-order valence-corrected chi connectivity index (χ3v) is 3.00. The molecule has 2 N–H and O–H groups in total. The summed E-state index contributed by atoms with van der Waals surface area (Å²) in [4.78, 5) is 2.18. The van der Waals surface area contributed by atoms with E-state index < -0.39 is 0 Å². The Bertz CT molecular complexity index is 522. The van der Waals surface area contributed by atoms with E-state index in [4.69, 9.17) is 14.9 Å². The Morgan fingerprint density at radius 2 is 2.05 bits per heavy atom. The monoisotopic (exact) mass is 260 g/mol. The molecule has 19 heavy (non-hydrogen) atoms. The second-order valence-electron chi connectivity index (χ2n) is 4.61. The van der Waals surface area contributed by atoms with E-state index in [9.17, 15) is 0 Å². The molecule has 1 aromatic carbocycles. The van der Waals surface area contributed by atoms with Crippen molar-refractivity contribution in [1.29, 1.82) is 0 Å². The molecule has 1 aromatic heterocycles. The highest BCUT2D eigenvalue weighted by Gasteiger charge is 2.08. The van der Waals surface area contributed by atoms with Crippen molar-refractivity contribution in [2.75, 3.05) is 14.2 Å². The molecule has 0 unspecified atom stereocenters. The lowest BCUT2D eigenvalue weighted by molar-refractivity contribution is 0.282. The molecular weight excluding hydrogens is 240 g/mol. The van der Waals surface area contributed by atoms with Crippen LogP contribution >= 0.6 is 0 Å². The molecule has 0 saturated heterocycles. The maximum Gasteiger partial charge on any atom is 0.123 e. The van der Waals surface area contributed by atoms with E-state index in [1.54, 1.807) is 13.4 Å². The zero-order chi connectivity index (χ0) is 13.7. The Kier molecular flexibility index (Phi) is 4.60. The van der Waals surface area contributed by atoms with Crippen molar-refractivity contribution in [3.63, 3.8) is 0 Å². The summed E-state index contributed by atoms with van der Waals surface area (Å²) >= 11 is 0. The van der Waals surface area contributed by atoms with Crippen molar-refractivity contribution >= 4 is 0 Å². The van der Waals surface area contributed by atoms with Crippen LogP contribution in [0.4, 0.5) is 0 Å². The minimum atomic E-state index is 0.514. The van der Waals surface area contributed by atoms with Gasteiger partial charge in [-0.3, -0.25) is 4.90 Å². The van der Waals surface area contributed by atoms with Crippen LogP contribution < -0.4 is 10.5 Å². The molecule has 0 saturated carbocycles. The van der Waals surface area contributed by atoms with Gasteiger partial charge in [-0.25, -0.2) is 0 Å². The summed E-state index contributed by atoms with van der Waals surface area (Å²) in [5, 5.41) is 0. The number of hydrogen-bond donors (Lipinski definition) is 1. The summed E-state index contributed by atoms with van der Waals surface area (Å²) in [6.07, 6.45) is 1.71. The topological polar surface area (TPSA) is 51.6 Å². The summed E-state index contributed by atoms with van der Waals surface area (Å²) < 4.78 is 10.8. The van der Waals surface area contributed by atoms with Crippen LogP contribution in [0.5, 0.6) is 5.75 Å². The highest BCUT2D eigenvalue weighted by Crippen LogP contribution is 2.19. The highest BCUT2D eigenvalue weighted by atomic mass is 16.5. The van der Waals surface area contributed by atoms with Gasteiger partial charge in [-0.2, -0.15) is 0 Å². The first kappa shape index (κ1) is 13.6. The molecule has 0 aliphatic heterocycles. The molecule has 0 bridgehead atoms. The second kappa shape index (κ2) is 6.41. The van der Waals surface area contributed by atoms with Crippen LogP contribution in [0.25, 0.3) is 0 Å². The van der Waals surface area contributed by atoms with Crippen molar-refractivity contribution in [3.05, 3.63) is 53.5 Å². The highest BCUT2D eigenvalue weighted by molar-refractivity contribution is 5.33. The summed E-state index contributed by atoms with van der Waals surface area (Å²) in [6.45, 7) is 2.07. The Morgan fingerprint density at radius 3 is 2.74 bits per heavy atom. The molecule has 0 atom stereocenters. The smallest absolute Gasteiger partial charge is 0.123 e. The van der Waals surface area contributed by atoms with Crippen molar-refractivity contribution in [2.45, 2.75) is 19.6 Å². The average Bonchev–Trinajstić information content (AvgIpc) is 2.87. The number of benzene rings is 1. The number of nitrogens with two attached hydrogens (primary N) is 1. The SMILES string of the molecule is COc1ccccc1CN(C)Cc1cc(CN)co1. The van der Waals surface area contributed by atoms with Gasteiger partial charge < -0.3 is 14.9 Å². The summed E-state index contributed by atoms with van der Waals surface area (Å²) in [7, 11) is 3.75. The van der Waals surface area contributed by atoms with E-state index in [0.29, 0.717) is 6.54 Å². The first-order valence-corrected chi connectivity index (χ1v) is 6.29. The van der Waals surface area contributed by atoms with Crippen LogP contribution in [-0.2, 0) is 19.6 Å². The van der Waals surface area contributed by atoms with E-state index in [1.165, 1.54) is 0 Å². The van der Waals surface area contributed by atoms with Gasteiger partial charge in [-0.1, -0.05) is 18.2 Å². The van der Waals surface area contributed by atoms with Crippen LogP contribution in [0.2, 0.25) is 0 Å². The fraction of sp³-hybridized carbons (Fsp3) is 0.333. The number of hydrogen-bond acceptors (Lipinski definition) is 4. The zero-order valence-corrected chi connectivity index (χ0v) is 11.4. The third kappa shape index (κ3) is 3.59. The van der Waals surface area contributed by atoms with Gasteiger partial charge in [0.25, 0.3) is 0 Å². The molecule has 2 rings (SSSR count). The van der Waals surface area contributed by atoms with Gasteiger partial charge in [0.05, 0.1) is 19.9 Å². The molecule has 0 radical (unpaired) electrons. The van der Waals surface area contributed by atoms with Crippen molar-refractivity contribution in [2.24, 2.45) is 5.73 Å². The van der Waals surface area contributed by atoms with Gasteiger partial charge in [0.2, 0.25) is 0 Å². The van der Waals surface area contributed by atoms with E-state index >= 15 is 0 Å². The van der Waals surface area contributed by atoms with Crippen LogP contribution in [0.1, 0.15) is 16.9 Å². The van der Waals surface area contributed by atoms with E-state index in [1.807, 2.05) is 24.3 Å². The third-order valence-electron chi connectivity index (χ3n) is 3.00. The molecule has 0 fully saturated rings. The number of ether oxygens (including phenoxy) is 1. The van der Waals surface area contributed by atoms with Crippen molar-refractivity contribution in [3.8, 4) is 5.75 Å². The van der Waals surface area contributed by atoms with Gasteiger partial charge in [-0.05, 0) is 19.2 Å². The Morgan fingerprint density at radius 1 is 1.26 bits per heavy atom. The number of furan rings is 1. The van der Waals surface area contributed by atoms with E-state index in [2.05, 4.69) is 18.0 Å². The molecule has 0 aliphatic rings. The number of para-hydroxylation sites is 1. The lowest BCUT2D eigenvalue weighted by atomic mass is 10.2. The standard InChI is InChI=1S/C15H20N2O2/c1-17(10-14-7-12(8-16)11-19-14)9-13-5-3-4-6-15(13)18-2/h3-7,11H,8-10,16H2,1-2H3. The minimum Gasteiger partial charge on any atom is -0.496 e. The minimum absolute atomic E-state index is 0.514. The molecule has 0 aliphatic carbocycles. The molecule has 2 aromatic rings. The molecular formula is C15H20N2O2. The van der Waals surface area contributed by atoms with Crippen LogP contribution in [0.3, 0.4) is 0 Å². The van der Waals surface area contributed by atoms with Crippen molar-refractivity contribution < 1.29 is 9.15 Å². The molecule has 102 valence electrons. The quantitative estimate of drug-likeness (QED) is 0.866. The molecule has 1 heterocycles. The fourth-order valence-electron chi connectivity index (χ4n) is 2.06. The molecule has 4 nitrogen and oxygen atoms in total. The molecule has 0 spiro atoms. The lowest BCUT2D eigenvalue weighted by Crippen LogP contribution is -2.17. The van der Waals surface area contributed by atoms with Crippen LogP contribution in [-0.4, -0.2) is 19.1 Å². The Balaban J connectivity index is 1.98. The first-order chi connectivity index (χ1) is 9.22. The Hall–Kier alpha value is -1.78. The van der Waals surface area contributed by atoms with Crippen LogP contribution in [0.15, 0.2) is 41.0 Å². The zero-order valence-electron chi connectivity index (χ0n) is 11.4. The largest absolute Gasteiger partial charge is 0.496 e. The second-order valence-corrected chi connectivity index (χ2v) is 4.61. The summed E-state index contributed by atoms with van der Waals surface area (Å²) in [6, 6.07) is 10.0. The van der Waals surface area contributed by atoms with Crippen molar-refractivity contribution in [1.82, 2.24) is 4.90 Å². The fourth-order valence-corrected chi connectivity index (χ4v) is 2.06.